The molecule has 4 rings (SSSR count). The number of carbonyl (C=O) groups excluding carboxylic acids is 1. The van der Waals surface area contributed by atoms with E-state index in [2.05, 4.69) is 20.3 Å². The largest absolute Gasteiger partial charge is 0.391 e. The molecule has 1 fully saturated rings. The molecule has 3 aromatic heterocycles. The average Bonchev–Trinajstić information content (AvgIpc) is 3.31. The van der Waals surface area contributed by atoms with Crippen LogP contribution in [0.1, 0.15) is 18.4 Å². The molecule has 0 aromatic carbocycles. The maximum atomic E-state index is 12.4. The predicted octanol–water partition coefficient (Wildman–Crippen LogP) is 1.26. The third kappa shape index (κ3) is 3.41. The summed E-state index contributed by atoms with van der Waals surface area (Å²) in [5, 5.41) is 14.3. The number of imidazole rings is 1. The monoisotopic (exact) mass is 339 g/mol. The van der Waals surface area contributed by atoms with Gasteiger partial charge < -0.3 is 20.0 Å². The molecule has 0 bridgehead atoms. The van der Waals surface area contributed by atoms with E-state index >= 15 is 0 Å². The highest BCUT2D eigenvalue weighted by atomic mass is 16.3. The number of aliphatic hydroxyl groups excluding tert-OH is 1. The highest BCUT2D eigenvalue weighted by molar-refractivity contribution is 5.88. The molecule has 3 N–H and O–H groups in total. The van der Waals surface area contributed by atoms with E-state index < -0.39 is 6.10 Å². The SMILES string of the molecule is O=C(Cc1c[nH]c2cnccc12)N[C@@H]1CC(Cn2ccnc2)C[C@H]1O. The highest BCUT2D eigenvalue weighted by Gasteiger charge is 2.34. The van der Waals surface area contributed by atoms with Crippen LogP contribution >= 0.6 is 0 Å². The predicted molar refractivity (Wildman–Crippen MR) is 92.7 cm³/mol. The normalized spacial score (nSPS) is 23.2. The number of aromatic amines is 1. The molecule has 3 aromatic rings. The van der Waals surface area contributed by atoms with Crippen molar-refractivity contribution in [2.75, 3.05) is 0 Å². The number of hydrogen-bond donors (Lipinski definition) is 3. The molecule has 7 nitrogen and oxygen atoms in total. The molecule has 7 heteroatoms. The van der Waals surface area contributed by atoms with Crippen molar-refractivity contribution in [3.8, 4) is 0 Å². The summed E-state index contributed by atoms with van der Waals surface area (Å²) in [7, 11) is 0. The molecule has 1 saturated carbocycles. The lowest BCUT2D eigenvalue weighted by molar-refractivity contribution is -0.121. The Morgan fingerprint density at radius 3 is 3.12 bits per heavy atom. The van der Waals surface area contributed by atoms with Gasteiger partial charge in [-0.2, -0.15) is 0 Å². The molecule has 130 valence electrons. The molecule has 3 atom stereocenters. The second-order valence-electron chi connectivity index (χ2n) is 6.75. The van der Waals surface area contributed by atoms with Crippen molar-refractivity contribution in [1.29, 1.82) is 0 Å². The molecule has 3 heterocycles. The number of aliphatic hydroxyl groups is 1. The van der Waals surface area contributed by atoms with Crippen LogP contribution < -0.4 is 5.32 Å². The molecule has 0 spiro atoms. The lowest BCUT2D eigenvalue weighted by Gasteiger charge is -2.16. The van der Waals surface area contributed by atoms with Gasteiger partial charge in [-0.3, -0.25) is 9.78 Å². The number of pyridine rings is 1. The van der Waals surface area contributed by atoms with Crippen LogP contribution in [0, 0.1) is 5.92 Å². The van der Waals surface area contributed by atoms with Gasteiger partial charge in [-0.05, 0) is 30.4 Å². The fourth-order valence-electron chi connectivity index (χ4n) is 3.72. The Bertz CT molecular complexity index is 857. The van der Waals surface area contributed by atoms with E-state index in [-0.39, 0.29) is 11.9 Å². The summed E-state index contributed by atoms with van der Waals surface area (Å²) in [5.74, 6) is 0.277. The van der Waals surface area contributed by atoms with Crippen LogP contribution in [0.15, 0.2) is 43.4 Å². The number of fused-ring (bicyclic) bond motifs is 1. The van der Waals surface area contributed by atoms with Crippen molar-refractivity contribution in [3.05, 3.63) is 48.9 Å². The third-order valence-corrected chi connectivity index (χ3v) is 4.92. The first-order valence-electron chi connectivity index (χ1n) is 8.52. The van der Waals surface area contributed by atoms with Gasteiger partial charge in [0.1, 0.15) is 0 Å². The van der Waals surface area contributed by atoms with Gasteiger partial charge in [-0.15, -0.1) is 0 Å². The van der Waals surface area contributed by atoms with Crippen LogP contribution in [0.3, 0.4) is 0 Å². The van der Waals surface area contributed by atoms with Crippen LogP contribution in [0.25, 0.3) is 10.9 Å². The molecule has 0 aliphatic heterocycles. The topological polar surface area (TPSA) is 95.8 Å². The second-order valence-corrected chi connectivity index (χ2v) is 6.75. The minimum Gasteiger partial charge on any atom is -0.391 e. The third-order valence-electron chi connectivity index (χ3n) is 4.92. The van der Waals surface area contributed by atoms with Gasteiger partial charge in [0.2, 0.25) is 5.91 Å². The zero-order valence-electron chi connectivity index (χ0n) is 13.8. The molecule has 25 heavy (non-hydrogen) atoms. The molecule has 0 saturated heterocycles. The molecule has 1 amide bonds. The zero-order valence-corrected chi connectivity index (χ0v) is 13.8. The van der Waals surface area contributed by atoms with Gasteiger partial charge in [0.05, 0.1) is 36.6 Å². The van der Waals surface area contributed by atoms with E-state index in [0.29, 0.717) is 18.8 Å². The summed E-state index contributed by atoms with van der Waals surface area (Å²) in [4.78, 5) is 23.6. The number of nitrogens with zero attached hydrogens (tertiary/aromatic N) is 3. The first kappa shape index (κ1) is 15.8. The summed E-state index contributed by atoms with van der Waals surface area (Å²) < 4.78 is 2.02. The van der Waals surface area contributed by atoms with E-state index in [4.69, 9.17) is 0 Å². The standard InChI is InChI=1S/C18H21N5O2/c24-17-6-12(10-23-4-3-20-11-23)5-15(17)22-18(25)7-13-8-21-16-9-19-2-1-14(13)16/h1-4,8-9,11-12,15,17,21,24H,5-7,10H2,(H,22,25)/t12?,15-,17-/m1/s1. The summed E-state index contributed by atoms with van der Waals surface area (Å²) in [6.07, 6.45) is 12.0. The van der Waals surface area contributed by atoms with Crippen LogP contribution in [0.4, 0.5) is 0 Å². The fourth-order valence-corrected chi connectivity index (χ4v) is 3.72. The Balaban J connectivity index is 1.36. The Kier molecular flexibility index (Phi) is 4.23. The smallest absolute Gasteiger partial charge is 0.224 e. The maximum Gasteiger partial charge on any atom is 0.224 e. The van der Waals surface area contributed by atoms with Crippen molar-refractivity contribution >= 4 is 16.8 Å². The first-order chi connectivity index (χ1) is 12.2. The van der Waals surface area contributed by atoms with Crippen LogP contribution in [-0.4, -0.2) is 42.7 Å². The lowest BCUT2D eigenvalue weighted by Crippen LogP contribution is -2.40. The number of carbonyl (C=O) groups is 1. The summed E-state index contributed by atoms with van der Waals surface area (Å²) >= 11 is 0. The van der Waals surface area contributed by atoms with Crippen LogP contribution in [0.2, 0.25) is 0 Å². The molecule has 1 aliphatic rings. The Labute approximate surface area is 145 Å². The average molecular weight is 339 g/mol. The lowest BCUT2D eigenvalue weighted by atomic mass is 10.1. The molecule has 1 unspecified atom stereocenters. The van der Waals surface area contributed by atoms with Crippen molar-refractivity contribution in [2.45, 2.75) is 38.0 Å². The van der Waals surface area contributed by atoms with Gasteiger partial charge in [-0.25, -0.2) is 4.98 Å². The van der Waals surface area contributed by atoms with Crippen LogP contribution in [0.5, 0.6) is 0 Å². The molecular formula is C18H21N5O2. The zero-order chi connectivity index (χ0) is 17.2. The Hall–Kier alpha value is -2.67. The Morgan fingerprint density at radius 1 is 1.36 bits per heavy atom. The molecule has 0 radical (unpaired) electrons. The molecule has 1 aliphatic carbocycles. The second kappa shape index (κ2) is 6.68. The van der Waals surface area contributed by atoms with Crippen molar-refractivity contribution < 1.29 is 9.90 Å². The van der Waals surface area contributed by atoms with Gasteiger partial charge in [0.15, 0.2) is 0 Å². The van der Waals surface area contributed by atoms with Gasteiger partial charge >= 0.3 is 0 Å². The quantitative estimate of drug-likeness (QED) is 0.652. The number of rotatable bonds is 5. The summed E-state index contributed by atoms with van der Waals surface area (Å²) in [5.41, 5.74) is 1.86. The Morgan fingerprint density at radius 2 is 2.28 bits per heavy atom. The minimum atomic E-state index is -0.496. The maximum absolute atomic E-state index is 12.4. The van der Waals surface area contributed by atoms with Crippen molar-refractivity contribution in [3.63, 3.8) is 0 Å². The number of aromatic nitrogens is 4. The van der Waals surface area contributed by atoms with Gasteiger partial charge in [-0.1, -0.05) is 0 Å². The summed E-state index contributed by atoms with van der Waals surface area (Å²) in [6.45, 7) is 0.818. The first-order valence-corrected chi connectivity index (χ1v) is 8.52. The highest BCUT2D eigenvalue weighted by Crippen LogP contribution is 2.28. The number of H-pyrrole nitrogens is 1. The molecular weight excluding hydrogens is 318 g/mol. The number of hydrogen-bond acceptors (Lipinski definition) is 4. The van der Waals surface area contributed by atoms with E-state index in [1.807, 2.05) is 23.0 Å². The van der Waals surface area contributed by atoms with Crippen molar-refractivity contribution in [2.24, 2.45) is 5.92 Å². The van der Waals surface area contributed by atoms with E-state index in [1.165, 1.54) is 0 Å². The fraction of sp³-hybridized carbons (Fsp3) is 0.389. The van der Waals surface area contributed by atoms with E-state index in [0.717, 1.165) is 29.4 Å². The van der Waals surface area contributed by atoms with Crippen molar-refractivity contribution in [1.82, 2.24) is 24.8 Å². The van der Waals surface area contributed by atoms with E-state index in [9.17, 15) is 9.90 Å². The number of amides is 1. The number of nitrogens with one attached hydrogen (secondary N) is 2. The van der Waals surface area contributed by atoms with Gasteiger partial charge in [0.25, 0.3) is 0 Å². The minimum absolute atomic E-state index is 0.0648. The van der Waals surface area contributed by atoms with E-state index in [1.54, 1.807) is 24.9 Å². The van der Waals surface area contributed by atoms with Gasteiger partial charge in [0, 0.05) is 36.7 Å². The van der Waals surface area contributed by atoms with Crippen LogP contribution in [-0.2, 0) is 17.8 Å². The summed E-state index contributed by atoms with van der Waals surface area (Å²) in [6, 6.07) is 1.72.